The molecule has 28 heavy (non-hydrogen) atoms. The lowest BCUT2D eigenvalue weighted by Crippen LogP contribution is -2.26. The summed E-state index contributed by atoms with van der Waals surface area (Å²) in [5.41, 5.74) is 0.982. The first-order valence-electron chi connectivity index (χ1n) is 9.58. The number of carbonyl (C=O) groups is 1. The molecule has 0 unspecified atom stereocenters. The quantitative estimate of drug-likeness (QED) is 0.712. The van der Waals surface area contributed by atoms with Crippen molar-refractivity contribution in [1.82, 2.24) is 15.0 Å². The third-order valence-corrected chi connectivity index (χ3v) is 4.90. The van der Waals surface area contributed by atoms with Gasteiger partial charge in [-0.2, -0.15) is 0 Å². The third kappa shape index (κ3) is 4.19. The molecule has 1 saturated carbocycles. The van der Waals surface area contributed by atoms with Crippen LogP contribution in [0.2, 0.25) is 0 Å². The Hall–Kier alpha value is -3.22. The monoisotopic (exact) mass is 378 g/mol. The first-order chi connectivity index (χ1) is 13.7. The summed E-state index contributed by atoms with van der Waals surface area (Å²) >= 11 is 0. The molecule has 1 aliphatic rings. The Morgan fingerprint density at radius 3 is 2.82 bits per heavy atom. The molecule has 144 valence electrons. The fraction of sp³-hybridized carbons (Fsp3) is 0.333. The van der Waals surface area contributed by atoms with Crippen LogP contribution in [-0.2, 0) is 11.3 Å². The van der Waals surface area contributed by atoms with Gasteiger partial charge in [0, 0.05) is 18.2 Å². The minimum absolute atomic E-state index is 0.126. The number of aromatic nitrogens is 3. The van der Waals surface area contributed by atoms with Crippen LogP contribution in [0.1, 0.15) is 32.1 Å². The Morgan fingerprint density at radius 1 is 1.14 bits per heavy atom. The van der Waals surface area contributed by atoms with Gasteiger partial charge in [-0.1, -0.05) is 23.4 Å². The molecule has 3 aromatic rings. The van der Waals surface area contributed by atoms with Gasteiger partial charge in [0.15, 0.2) is 0 Å². The highest BCUT2D eigenvalue weighted by atomic mass is 16.5. The van der Waals surface area contributed by atoms with Crippen LogP contribution in [0, 0.1) is 0 Å². The third-order valence-electron chi connectivity index (χ3n) is 4.90. The summed E-state index contributed by atoms with van der Waals surface area (Å²) < 4.78 is 7.19. The van der Waals surface area contributed by atoms with Crippen molar-refractivity contribution in [2.45, 2.75) is 44.8 Å². The van der Waals surface area contributed by atoms with Crippen LogP contribution in [-0.4, -0.2) is 27.0 Å². The van der Waals surface area contributed by atoms with E-state index in [9.17, 15) is 9.59 Å². The Bertz CT molecular complexity index is 1040. The second-order valence-electron chi connectivity index (χ2n) is 6.99. The summed E-state index contributed by atoms with van der Waals surface area (Å²) in [6.45, 7) is 0.167. The summed E-state index contributed by atoms with van der Waals surface area (Å²) in [6, 6.07) is 14.4. The topological polar surface area (TPSA) is 86.1 Å². The predicted octanol–water partition coefficient (Wildman–Crippen LogP) is 3.14. The molecule has 0 aliphatic heterocycles. The zero-order valence-electron chi connectivity index (χ0n) is 15.5. The molecule has 2 aromatic carbocycles. The van der Waals surface area contributed by atoms with Crippen LogP contribution < -0.4 is 15.6 Å². The number of benzene rings is 2. The number of amides is 1. The summed E-state index contributed by atoms with van der Waals surface area (Å²) in [7, 11) is 0. The Morgan fingerprint density at radius 2 is 1.96 bits per heavy atom. The lowest BCUT2D eigenvalue weighted by molar-refractivity contribution is -0.116. The Kier molecular flexibility index (Phi) is 5.32. The van der Waals surface area contributed by atoms with Crippen molar-refractivity contribution >= 4 is 22.5 Å². The zero-order valence-corrected chi connectivity index (χ0v) is 15.5. The summed E-state index contributed by atoms with van der Waals surface area (Å²) in [5, 5.41) is 11.3. The highest BCUT2D eigenvalue weighted by Crippen LogP contribution is 2.25. The van der Waals surface area contributed by atoms with Crippen LogP contribution in [0.5, 0.6) is 5.75 Å². The van der Waals surface area contributed by atoms with Crippen LogP contribution in [0.4, 0.5) is 5.69 Å². The molecular formula is C21H22N4O3. The van der Waals surface area contributed by atoms with Crippen molar-refractivity contribution in [1.29, 1.82) is 0 Å². The van der Waals surface area contributed by atoms with E-state index in [2.05, 4.69) is 15.6 Å². The molecule has 0 radical (unpaired) electrons. The van der Waals surface area contributed by atoms with E-state index in [1.807, 2.05) is 24.3 Å². The minimum Gasteiger partial charge on any atom is -0.490 e. The maximum atomic E-state index is 12.4. The molecule has 0 atom stereocenters. The van der Waals surface area contributed by atoms with E-state index >= 15 is 0 Å². The van der Waals surface area contributed by atoms with E-state index in [4.69, 9.17) is 4.74 Å². The molecule has 0 spiro atoms. The SMILES string of the molecule is O=C(CCn1nnc2ccccc2c1=O)Nc1cccc(OC2CCCC2)c1. The van der Waals surface area contributed by atoms with Crippen molar-refractivity contribution in [3.05, 3.63) is 58.9 Å². The number of hydrogen-bond donors (Lipinski definition) is 1. The Balaban J connectivity index is 1.37. The summed E-state index contributed by atoms with van der Waals surface area (Å²) in [4.78, 5) is 24.7. The smallest absolute Gasteiger partial charge is 0.277 e. The maximum Gasteiger partial charge on any atom is 0.277 e. The second kappa shape index (κ2) is 8.21. The lowest BCUT2D eigenvalue weighted by Gasteiger charge is -2.14. The number of carbonyl (C=O) groups excluding carboxylic acids is 1. The number of anilines is 1. The van der Waals surface area contributed by atoms with Crippen LogP contribution in [0.25, 0.3) is 10.9 Å². The Labute approximate surface area is 162 Å². The highest BCUT2D eigenvalue weighted by molar-refractivity contribution is 5.90. The molecule has 4 rings (SSSR count). The van der Waals surface area contributed by atoms with Crippen molar-refractivity contribution in [3.8, 4) is 5.75 Å². The van der Waals surface area contributed by atoms with Gasteiger partial charge in [-0.15, -0.1) is 5.10 Å². The molecule has 1 amide bonds. The summed E-state index contributed by atoms with van der Waals surface area (Å²) in [6.07, 6.45) is 4.97. The van der Waals surface area contributed by atoms with Gasteiger partial charge in [0.25, 0.3) is 5.56 Å². The standard InChI is InChI=1S/C21H22N4O3/c26-20(12-13-25-21(27)18-10-3-4-11-19(18)23-24-25)22-15-6-5-9-17(14-15)28-16-7-1-2-8-16/h3-6,9-11,14,16H,1-2,7-8,12-13H2,(H,22,26). The number of hydrogen-bond acceptors (Lipinski definition) is 5. The van der Waals surface area contributed by atoms with Gasteiger partial charge in [-0.05, 0) is 49.9 Å². The minimum atomic E-state index is -0.245. The van der Waals surface area contributed by atoms with E-state index in [-0.39, 0.29) is 30.5 Å². The molecule has 1 aromatic heterocycles. The molecule has 1 heterocycles. The largest absolute Gasteiger partial charge is 0.490 e. The average Bonchev–Trinajstić information content (AvgIpc) is 3.21. The maximum absolute atomic E-state index is 12.4. The summed E-state index contributed by atoms with van der Waals surface area (Å²) in [5.74, 6) is 0.571. The van der Waals surface area contributed by atoms with Gasteiger partial charge in [0.2, 0.25) is 5.91 Å². The van der Waals surface area contributed by atoms with Crippen LogP contribution in [0.15, 0.2) is 53.3 Å². The van der Waals surface area contributed by atoms with E-state index < -0.39 is 0 Å². The number of aryl methyl sites for hydroxylation is 1. The predicted molar refractivity (Wildman–Crippen MR) is 106 cm³/mol. The van der Waals surface area contributed by atoms with E-state index in [1.165, 1.54) is 17.5 Å². The van der Waals surface area contributed by atoms with E-state index in [0.29, 0.717) is 16.6 Å². The lowest BCUT2D eigenvalue weighted by atomic mass is 10.2. The van der Waals surface area contributed by atoms with Crippen molar-refractivity contribution in [2.24, 2.45) is 0 Å². The second-order valence-corrected chi connectivity index (χ2v) is 6.99. The van der Waals surface area contributed by atoms with Crippen LogP contribution in [0.3, 0.4) is 0 Å². The number of fused-ring (bicyclic) bond motifs is 1. The highest BCUT2D eigenvalue weighted by Gasteiger charge is 2.16. The van der Waals surface area contributed by atoms with Gasteiger partial charge in [0.05, 0.1) is 18.0 Å². The molecule has 1 N–H and O–H groups in total. The fourth-order valence-electron chi connectivity index (χ4n) is 3.45. The molecule has 1 fully saturated rings. The number of nitrogens with zero attached hydrogens (tertiary/aromatic N) is 3. The van der Waals surface area contributed by atoms with Gasteiger partial charge >= 0.3 is 0 Å². The van der Waals surface area contributed by atoms with Crippen molar-refractivity contribution in [3.63, 3.8) is 0 Å². The van der Waals surface area contributed by atoms with Gasteiger partial charge in [-0.3, -0.25) is 9.59 Å². The van der Waals surface area contributed by atoms with Gasteiger partial charge in [0.1, 0.15) is 11.3 Å². The molecule has 7 nitrogen and oxygen atoms in total. The van der Waals surface area contributed by atoms with Crippen molar-refractivity contribution < 1.29 is 9.53 Å². The molecule has 0 saturated heterocycles. The number of ether oxygens (including phenoxy) is 1. The normalized spacial score (nSPS) is 14.3. The first kappa shape index (κ1) is 18.2. The average molecular weight is 378 g/mol. The molecular weight excluding hydrogens is 356 g/mol. The van der Waals surface area contributed by atoms with Crippen LogP contribution >= 0.6 is 0 Å². The van der Waals surface area contributed by atoms with Gasteiger partial charge < -0.3 is 10.1 Å². The number of nitrogens with one attached hydrogen (secondary N) is 1. The van der Waals surface area contributed by atoms with Crippen molar-refractivity contribution in [2.75, 3.05) is 5.32 Å². The molecule has 1 aliphatic carbocycles. The van der Waals surface area contributed by atoms with Gasteiger partial charge in [-0.25, -0.2) is 4.68 Å². The zero-order chi connectivity index (χ0) is 19.3. The van der Waals surface area contributed by atoms with E-state index in [0.717, 1.165) is 18.6 Å². The number of rotatable bonds is 6. The first-order valence-corrected chi connectivity index (χ1v) is 9.58. The van der Waals surface area contributed by atoms with E-state index in [1.54, 1.807) is 24.3 Å². The fourth-order valence-corrected chi connectivity index (χ4v) is 3.45. The molecule has 0 bridgehead atoms. The molecule has 7 heteroatoms.